The van der Waals surface area contributed by atoms with Gasteiger partial charge in [-0.3, -0.25) is 14.4 Å². The summed E-state index contributed by atoms with van der Waals surface area (Å²) in [6.07, 6.45) is 4.87. The van der Waals surface area contributed by atoms with Crippen molar-refractivity contribution < 1.29 is 19.5 Å². The number of carbonyl (C=O) groups excluding carboxylic acids is 3. The lowest BCUT2D eigenvalue weighted by Crippen LogP contribution is -2.56. The summed E-state index contributed by atoms with van der Waals surface area (Å²) >= 11 is 1.69. The van der Waals surface area contributed by atoms with Crippen molar-refractivity contribution in [3.8, 4) is 0 Å². The van der Waals surface area contributed by atoms with E-state index in [1.54, 1.807) is 21.3 Å². The van der Waals surface area contributed by atoms with Crippen molar-refractivity contribution >= 4 is 40.5 Å². The molecule has 5 rings (SSSR count). The first-order valence-corrected chi connectivity index (χ1v) is 14.7. The van der Waals surface area contributed by atoms with Gasteiger partial charge in [0.25, 0.3) is 0 Å². The number of benzene rings is 1. The minimum atomic E-state index is -0.651. The number of aliphatic hydroxyl groups is 1. The summed E-state index contributed by atoms with van der Waals surface area (Å²) < 4.78 is 1.03. The Morgan fingerprint density at radius 1 is 1.16 bits per heavy atom. The van der Waals surface area contributed by atoms with Gasteiger partial charge in [0, 0.05) is 24.9 Å². The summed E-state index contributed by atoms with van der Waals surface area (Å²) in [7, 11) is 0. The van der Waals surface area contributed by atoms with Gasteiger partial charge < -0.3 is 20.6 Å². The fourth-order valence-corrected chi connectivity index (χ4v) is 9.18. The molecular formula is C27H38N6O4S. The number of hydrogen-bond acceptors (Lipinski definition) is 7. The topological polar surface area (TPSA) is 129 Å². The van der Waals surface area contributed by atoms with Crippen LogP contribution in [0.1, 0.15) is 52.4 Å². The Labute approximate surface area is 227 Å². The number of rotatable bonds is 12. The number of carbonyl (C=O) groups is 3. The van der Waals surface area contributed by atoms with Gasteiger partial charge in [-0.15, -0.1) is 16.9 Å². The molecule has 3 aliphatic rings. The molecule has 206 valence electrons. The highest BCUT2D eigenvalue weighted by atomic mass is 32.2. The maximum absolute atomic E-state index is 14.0. The molecular weight excluding hydrogens is 504 g/mol. The van der Waals surface area contributed by atoms with Crippen molar-refractivity contribution in [2.24, 2.45) is 17.8 Å². The first-order valence-electron chi connectivity index (χ1n) is 13.9. The minimum Gasteiger partial charge on any atom is -0.396 e. The molecule has 3 fully saturated rings. The summed E-state index contributed by atoms with van der Waals surface area (Å²) in [6.45, 7) is 5.49. The SMILES string of the molecule is CCCNC(=O)[C@@H]1[C@@H]2CC(C)C3(S2)C(C(=O)NCn2nnc4ccccc42)N(CCCCCCO)C(=O)[C@H]13. The second-order valence-corrected chi connectivity index (χ2v) is 12.3. The third kappa shape index (κ3) is 4.47. The zero-order valence-corrected chi connectivity index (χ0v) is 23.0. The van der Waals surface area contributed by atoms with E-state index in [0.717, 1.165) is 49.6 Å². The summed E-state index contributed by atoms with van der Waals surface area (Å²) in [5.74, 6) is -1.12. The number of aromatic nitrogens is 3. The van der Waals surface area contributed by atoms with Crippen LogP contribution in [-0.2, 0) is 21.1 Å². The van der Waals surface area contributed by atoms with E-state index in [1.165, 1.54) is 0 Å². The van der Waals surface area contributed by atoms with Gasteiger partial charge in [-0.2, -0.15) is 0 Å². The predicted molar refractivity (Wildman–Crippen MR) is 145 cm³/mol. The van der Waals surface area contributed by atoms with Crippen molar-refractivity contribution in [2.45, 2.75) is 75.1 Å². The van der Waals surface area contributed by atoms with Gasteiger partial charge in [-0.05, 0) is 43.7 Å². The van der Waals surface area contributed by atoms with E-state index in [2.05, 4.69) is 27.9 Å². The fourth-order valence-electron chi connectivity index (χ4n) is 6.76. The zero-order chi connectivity index (χ0) is 26.9. The largest absolute Gasteiger partial charge is 0.396 e. The average molecular weight is 543 g/mol. The molecule has 38 heavy (non-hydrogen) atoms. The number of unbranched alkanes of at least 4 members (excludes halogenated alkanes) is 3. The Balaban J connectivity index is 1.41. The van der Waals surface area contributed by atoms with Gasteiger partial charge in [0.2, 0.25) is 17.7 Å². The van der Waals surface area contributed by atoms with Crippen LogP contribution in [0.15, 0.2) is 24.3 Å². The smallest absolute Gasteiger partial charge is 0.245 e. The van der Waals surface area contributed by atoms with Gasteiger partial charge in [-0.1, -0.05) is 44.0 Å². The third-order valence-corrected chi connectivity index (χ3v) is 10.6. The highest BCUT2D eigenvalue weighted by Gasteiger charge is 2.75. The first-order chi connectivity index (χ1) is 18.4. The van der Waals surface area contributed by atoms with E-state index in [9.17, 15) is 14.4 Å². The molecule has 0 radical (unpaired) electrons. The van der Waals surface area contributed by atoms with Gasteiger partial charge >= 0.3 is 0 Å². The summed E-state index contributed by atoms with van der Waals surface area (Å²) in [5, 5.41) is 23.6. The molecule has 10 nitrogen and oxygen atoms in total. The number of nitrogens with one attached hydrogen (secondary N) is 2. The van der Waals surface area contributed by atoms with E-state index in [4.69, 9.17) is 5.11 Å². The van der Waals surface area contributed by atoms with Gasteiger partial charge in [0.05, 0.1) is 22.1 Å². The van der Waals surface area contributed by atoms with Crippen molar-refractivity contribution in [1.82, 2.24) is 30.5 Å². The van der Waals surface area contributed by atoms with Crippen LogP contribution in [0.4, 0.5) is 0 Å². The van der Waals surface area contributed by atoms with E-state index in [1.807, 2.05) is 31.2 Å². The molecule has 0 aliphatic carbocycles. The Morgan fingerprint density at radius 2 is 1.95 bits per heavy atom. The lowest BCUT2D eigenvalue weighted by atomic mass is 9.66. The molecule has 3 unspecified atom stereocenters. The summed E-state index contributed by atoms with van der Waals surface area (Å²) in [4.78, 5) is 43.0. The molecule has 4 heterocycles. The summed E-state index contributed by atoms with van der Waals surface area (Å²) in [5.41, 5.74) is 1.57. The fraction of sp³-hybridized carbons (Fsp3) is 0.667. The number of fused-ring (bicyclic) bond motifs is 2. The van der Waals surface area contributed by atoms with E-state index >= 15 is 0 Å². The monoisotopic (exact) mass is 542 g/mol. The van der Waals surface area contributed by atoms with E-state index in [0.29, 0.717) is 13.1 Å². The molecule has 11 heteroatoms. The summed E-state index contributed by atoms with van der Waals surface area (Å²) in [6, 6.07) is 6.92. The predicted octanol–water partition coefficient (Wildman–Crippen LogP) is 1.92. The average Bonchev–Trinajstić information content (AvgIpc) is 3.63. The molecule has 6 atom stereocenters. The van der Waals surface area contributed by atoms with E-state index < -0.39 is 22.6 Å². The molecule has 2 bridgehead atoms. The van der Waals surface area contributed by atoms with Crippen LogP contribution in [0.2, 0.25) is 0 Å². The molecule has 1 spiro atoms. The number of thioether (sulfide) groups is 1. The number of nitrogens with zero attached hydrogens (tertiary/aromatic N) is 4. The van der Waals surface area contributed by atoms with Gasteiger partial charge in [0.1, 0.15) is 18.2 Å². The van der Waals surface area contributed by atoms with Gasteiger partial charge in [-0.25, -0.2) is 4.68 Å². The molecule has 3 saturated heterocycles. The molecule has 1 aromatic heterocycles. The van der Waals surface area contributed by atoms with Crippen LogP contribution >= 0.6 is 11.8 Å². The minimum absolute atomic E-state index is 0.0390. The number of likely N-dealkylation sites (tertiary alicyclic amines) is 1. The third-order valence-electron chi connectivity index (χ3n) is 8.48. The molecule has 2 aromatic rings. The van der Waals surface area contributed by atoms with Crippen molar-refractivity contribution in [2.75, 3.05) is 19.7 Å². The standard InChI is InChI=1S/C27H38N6O4S/c1-3-12-28-24(35)21-20-15-17(2)27(38-20)22(21)26(37)32(13-8-4-5-9-14-34)23(27)25(36)29-16-33-19-11-7-6-10-18(19)30-31-33/h6-7,10-11,17,20-23,34H,3-5,8-9,12-16H2,1-2H3,(H,28,35)(H,29,36)/t17?,20-,21+,22-,23?,27?/m0/s1. The quantitative estimate of drug-likeness (QED) is 0.350. The highest BCUT2D eigenvalue weighted by molar-refractivity contribution is 8.02. The van der Waals surface area contributed by atoms with Crippen molar-refractivity contribution in [3.63, 3.8) is 0 Å². The lowest BCUT2D eigenvalue weighted by molar-refractivity contribution is -0.140. The van der Waals surface area contributed by atoms with Crippen molar-refractivity contribution in [1.29, 1.82) is 0 Å². The molecule has 0 saturated carbocycles. The van der Waals surface area contributed by atoms with E-state index in [-0.39, 0.29) is 42.2 Å². The Morgan fingerprint density at radius 3 is 2.74 bits per heavy atom. The number of para-hydroxylation sites is 1. The van der Waals surface area contributed by atoms with Crippen LogP contribution in [0.5, 0.6) is 0 Å². The van der Waals surface area contributed by atoms with Crippen molar-refractivity contribution in [3.05, 3.63) is 24.3 Å². The zero-order valence-electron chi connectivity index (χ0n) is 22.1. The van der Waals surface area contributed by atoms with Crippen LogP contribution in [-0.4, -0.2) is 78.5 Å². The molecule has 1 aromatic carbocycles. The van der Waals surface area contributed by atoms with Gasteiger partial charge in [0.15, 0.2) is 0 Å². The number of aliphatic hydroxyl groups excluding tert-OH is 1. The Kier molecular flexibility index (Phi) is 7.95. The lowest BCUT2D eigenvalue weighted by Gasteiger charge is -2.38. The van der Waals surface area contributed by atoms with Crippen LogP contribution in [0.25, 0.3) is 11.0 Å². The maximum atomic E-state index is 14.0. The maximum Gasteiger partial charge on any atom is 0.245 e. The first kappa shape index (κ1) is 26.9. The Hall–Kier alpha value is -2.66. The second kappa shape index (κ2) is 11.2. The Bertz CT molecular complexity index is 1190. The number of hydrogen-bond donors (Lipinski definition) is 3. The molecule has 3 aliphatic heterocycles. The number of amides is 3. The van der Waals surface area contributed by atoms with Crippen LogP contribution < -0.4 is 10.6 Å². The second-order valence-electron chi connectivity index (χ2n) is 10.8. The van der Waals surface area contributed by atoms with Crippen LogP contribution in [0.3, 0.4) is 0 Å². The molecule has 3 N–H and O–H groups in total. The van der Waals surface area contributed by atoms with Crippen LogP contribution in [0, 0.1) is 17.8 Å². The molecule has 3 amide bonds. The normalized spacial score (nSPS) is 29.7. The highest BCUT2D eigenvalue weighted by Crippen LogP contribution is 2.68.